The molecule has 0 radical (unpaired) electrons. The summed E-state index contributed by atoms with van der Waals surface area (Å²) in [5.41, 5.74) is 2.47. The van der Waals surface area contributed by atoms with Gasteiger partial charge < -0.3 is 10.2 Å². The van der Waals surface area contributed by atoms with Crippen LogP contribution in [0.4, 0.5) is 5.69 Å². The number of anilines is 1. The first-order valence-corrected chi connectivity index (χ1v) is 7.61. The van der Waals surface area contributed by atoms with Crippen molar-refractivity contribution >= 4 is 21.6 Å². The lowest BCUT2D eigenvalue weighted by Gasteiger charge is -2.19. The zero-order valence-electron chi connectivity index (χ0n) is 11.7. The monoisotopic (exact) mass is 333 g/mol. The molecule has 0 aliphatic rings. The van der Waals surface area contributed by atoms with Crippen LogP contribution in [0.3, 0.4) is 0 Å². The maximum Gasteiger partial charge on any atom is 0.0410 e. The second kappa shape index (κ2) is 8.02. The number of nitrogens with one attached hydrogen (secondary N) is 1. The van der Waals surface area contributed by atoms with E-state index in [-0.39, 0.29) is 0 Å². The smallest absolute Gasteiger partial charge is 0.0410 e. The van der Waals surface area contributed by atoms with Gasteiger partial charge in [0.2, 0.25) is 0 Å². The summed E-state index contributed by atoms with van der Waals surface area (Å²) in [6.07, 6.45) is 4.82. The van der Waals surface area contributed by atoms with Gasteiger partial charge in [-0.1, -0.05) is 18.2 Å². The average molecular weight is 334 g/mol. The highest BCUT2D eigenvalue weighted by Crippen LogP contribution is 2.11. The molecule has 0 saturated carbocycles. The summed E-state index contributed by atoms with van der Waals surface area (Å²) in [5.74, 6) is 0. The Kier molecular flexibility index (Phi) is 6.02. The van der Waals surface area contributed by atoms with Crippen LogP contribution in [0.2, 0.25) is 0 Å². The zero-order valence-corrected chi connectivity index (χ0v) is 13.3. The van der Waals surface area contributed by atoms with E-state index < -0.39 is 0 Å². The van der Waals surface area contributed by atoms with Gasteiger partial charge in [0.1, 0.15) is 0 Å². The van der Waals surface area contributed by atoms with Crippen molar-refractivity contribution in [3.05, 3.63) is 58.8 Å². The Balaban J connectivity index is 1.64. The van der Waals surface area contributed by atoms with Crippen LogP contribution in [-0.4, -0.2) is 25.1 Å². The number of nitrogens with zero attached hydrogens (tertiary/aromatic N) is 2. The van der Waals surface area contributed by atoms with E-state index in [1.165, 1.54) is 11.3 Å². The number of aromatic nitrogens is 1. The molecule has 4 heteroatoms. The van der Waals surface area contributed by atoms with E-state index in [0.29, 0.717) is 0 Å². The Morgan fingerprint density at radius 3 is 2.75 bits per heavy atom. The predicted octanol–water partition coefficient (Wildman–Crippen LogP) is 3.46. The van der Waals surface area contributed by atoms with Crippen LogP contribution in [0.15, 0.2) is 53.3 Å². The van der Waals surface area contributed by atoms with Gasteiger partial charge in [-0.2, -0.15) is 0 Å². The molecule has 20 heavy (non-hydrogen) atoms. The topological polar surface area (TPSA) is 28.2 Å². The molecule has 0 saturated heterocycles. The van der Waals surface area contributed by atoms with Gasteiger partial charge in [0.15, 0.2) is 0 Å². The molecule has 3 nitrogen and oxygen atoms in total. The molecule has 2 aromatic rings. The van der Waals surface area contributed by atoms with Crippen LogP contribution < -0.4 is 10.2 Å². The molecule has 1 aromatic heterocycles. The summed E-state index contributed by atoms with van der Waals surface area (Å²) >= 11 is 3.43. The second-order valence-corrected chi connectivity index (χ2v) is 5.71. The lowest BCUT2D eigenvalue weighted by atomic mass is 10.2. The number of rotatable bonds is 7. The lowest BCUT2D eigenvalue weighted by Crippen LogP contribution is -2.23. The summed E-state index contributed by atoms with van der Waals surface area (Å²) in [5, 5.41) is 3.45. The first-order valence-electron chi connectivity index (χ1n) is 6.82. The molecule has 106 valence electrons. The molecule has 0 unspecified atom stereocenters. The Labute approximate surface area is 129 Å². The van der Waals surface area contributed by atoms with Gasteiger partial charge in [-0.3, -0.25) is 4.98 Å². The van der Waals surface area contributed by atoms with Crippen molar-refractivity contribution < 1.29 is 0 Å². The SMILES string of the molecule is CN(CCCNCc1cncc(Br)c1)c1ccccc1. The second-order valence-electron chi connectivity index (χ2n) is 4.80. The largest absolute Gasteiger partial charge is 0.375 e. The highest BCUT2D eigenvalue weighted by molar-refractivity contribution is 9.10. The molecule has 0 fully saturated rings. The van der Waals surface area contributed by atoms with Gasteiger partial charge in [0.05, 0.1) is 0 Å². The standard InChI is InChI=1S/C16H20BrN3/c1-20(16-6-3-2-4-7-16)9-5-8-18-11-14-10-15(17)13-19-12-14/h2-4,6-7,10,12-13,18H,5,8-9,11H2,1H3. The van der Waals surface area contributed by atoms with Gasteiger partial charge in [-0.15, -0.1) is 0 Å². The van der Waals surface area contributed by atoms with Gasteiger partial charge in [-0.05, 0) is 52.7 Å². The third-order valence-electron chi connectivity index (χ3n) is 3.13. The van der Waals surface area contributed by atoms with Crippen molar-refractivity contribution in [2.75, 3.05) is 25.0 Å². The number of halogens is 1. The summed E-state index contributed by atoms with van der Waals surface area (Å²) < 4.78 is 1.03. The van der Waals surface area contributed by atoms with Crippen molar-refractivity contribution in [1.29, 1.82) is 0 Å². The fourth-order valence-electron chi connectivity index (χ4n) is 2.04. The van der Waals surface area contributed by atoms with E-state index in [0.717, 1.165) is 30.5 Å². The summed E-state index contributed by atoms with van der Waals surface area (Å²) in [4.78, 5) is 6.44. The molecule has 0 amide bonds. The molecule has 1 N–H and O–H groups in total. The summed E-state index contributed by atoms with van der Waals surface area (Å²) in [6.45, 7) is 2.92. The molecule has 1 heterocycles. The van der Waals surface area contributed by atoms with Crippen LogP contribution in [0.5, 0.6) is 0 Å². The Bertz CT molecular complexity index is 516. The van der Waals surface area contributed by atoms with Crippen molar-refractivity contribution in [2.45, 2.75) is 13.0 Å². The maximum absolute atomic E-state index is 4.16. The lowest BCUT2D eigenvalue weighted by molar-refractivity contribution is 0.644. The van der Waals surface area contributed by atoms with Gasteiger partial charge in [0, 0.05) is 42.7 Å². The third kappa shape index (κ3) is 4.94. The number of para-hydroxylation sites is 1. The normalized spacial score (nSPS) is 10.5. The third-order valence-corrected chi connectivity index (χ3v) is 3.57. The van der Waals surface area contributed by atoms with Crippen molar-refractivity contribution in [2.24, 2.45) is 0 Å². The molecule has 2 rings (SSSR count). The molecular weight excluding hydrogens is 314 g/mol. The van der Waals surface area contributed by atoms with Gasteiger partial charge in [-0.25, -0.2) is 0 Å². The van der Waals surface area contributed by atoms with Crippen molar-refractivity contribution in [1.82, 2.24) is 10.3 Å². The van der Waals surface area contributed by atoms with Crippen LogP contribution >= 0.6 is 15.9 Å². The Morgan fingerprint density at radius 2 is 2.00 bits per heavy atom. The quantitative estimate of drug-likeness (QED) is 0.786. The Hall–Kier alpha value is -1.39. The zero-order chi connectivity index (χ0) is 14.2. The van der Waals surface area contributed by atoms with Crippen LogP contribution in [0.1, 0.15) is 12.0 Å². The maximum atomic E-state index is 4.16. The number of benzene rings is 1. The van der Waals surface area contributed by atoms with E-state index in [1.54, 1.807) is 6.20 Å². The summed E-state index contributed by atoms with van der Waals surface area (Å²) in [6, 6.07) is 12.6. The molecule has 0 spiro atoms. The van der Waals surface area contributed by atoms with Crippen LogP contribution in [0, 0.1) is 0 Å². The fraction of sp³-hybridized carbons (Fsp3) is 0.312. The van der Waals surface area contributed by atoms with Crippen LogP contribution in [-0.2, 0) is 6.54 Å². The molecular formula is C16H20BrN3. The number of hydrogen-bond acceptors (Lipinski definition) is 3. The van der Waals surface area contributed by atoms with E-state index in [1.807, 2.05) is 12.3 Å². The van der Waals surface area contributed by atoms with E-state index in [4.69, 9.17) is 0 Å². The molecule has 0 bridgehead atoms. The highest BCUT2D eigenvalue weighted by atomic mass is 79.9. The molecule has 0 atom stereocenters. The van der Waals surface area contributed by atoms with Gasteiger partial charge >= 0.3 is 0 Å². The minimum Gasteiger partial charge on any atom is -0.375 e. The number of pyridine rings is 1. The van der Waals surface area contributed by atoms with Crippen LogP contribution in [0.25, 0.3) is 0 Å². The van der Waals surface area contributed by atoms with E-state index >= 15 is 0 Å². The van der Waals surface area contributed by atoms with Gasteiger partial charge in [0.25, 0.3) is 0 Å². The minimum atomic E-state index is 0.863. The van der Waals surface area contributed by atoms with Crippen molar-refractivity contribution in [3.8, 4) is 0 Å². The molecule has 0 aliphatic carbocycles. The predicted molar refractivity (Wildman–Crippen MR) is 88.0 cm³/mol. The average Bonchev–Trinajstić information content (AvgIpc) is 2.48. The van der Waals surface area contributed by atoms with Crippen molar-refractivity contribution in [3.63, 3.8) is 0 Å². The minimum absolute atomic E-state index is 0.863. The van der Waals surface area contributed by atoms with E-state index in [9.17, 15) is 0 Å². The highest BCUT2D eigenvalue weighted by Gasteiger charge is 1.99. The number of hydrogen-bond donors (Lipinski definition) is 1. The fourth-order valence-corrected chi connectivity index (χ4v) is 2.45. The first kappa shape index (κ1) is 15.0. The first-order chi connectivity index (χ1) is 9.75. The summed E-state index contributed by atoms with van der Waals surface area (Å²) in [7, 11) is 2.13. The Morgan fingerprint density at radius 1 is 1.20 bits per heavy atom. The molecule has 1 aromatic carbocycles. The van der Waals surface area contributed by atoms with E-state index in [2.05, 4.69) is 68.5 Å². The molecule has 0 aliphatic heterocycles.